The van der Waals surface area contributed by atoms with E-state index < -0.39 is 85.6 Å². The number of likely N-dealkylation sites (tertiary alicyclic amines) is 1. The molecule has 0 saturated carbocycles. The maximum absolute atomic E-state index is 14.8. The van der Waals surface area contributed by atoms with Crippen molar-refractivity contribution in [2.45, 2.75) is 128 Å². The largest absolute Gasteiger partial charge is 0.497 e. The van der Waals surface area contributed by atoms with E-state index in [1.165, 1.54) is 21.5 Å². The van der Waals surface area contributed by atoms with E-state index >= 15 is 0 Å². The first-order valence-corrected chi connectivity index (χ1v) is 25.9. The molecular formula is C53H64N7O13P. The molecule has 0 bridgehead atoms. The van der Waals surface area contributed by atoms with Crippen molar-refractivity contribution in [3.05, 3.63) is 161 Å². The lowest BCUT2D eigenvalue weighted by Gasteiger charge is -2.45. The van der Waals surface area contributed by atoms with E-state index in [0.717, 1.165) is 16.7 Å². The number of piperidine rings is 1. The number of amides is 1. The summed E-state index contributed by atoms with van der Waals surface area (Å²) in [6.45, 7) is 11.1. The van der Waals surface area contributed by atoms with Gasteiger partial charge in [-0.3, -0.25) is 28.7 Å². The van der Waals surface area contributed by atoms with Crippen LogP contribution in [0.4, 0.5) is 4.79 Å². The van der Waals surface area contributed by atoms with Gasteiger partial charge >= 0.3 is 17.5 Å². The zero-order valence-corrected chi connectivity index (χ0v) is 43.7. The number of rotatable bonds is 19. The molecule has 3 saturated heterocycles. The Hall–Kier alpha value is -6.43. The number of methoxy groups -OCH3 is 2. The standard InChI is InChI=1S/C53H64N7O13P/c1-32(2)60(33(3)4)74(69-26-12-24-54)73-43-28-46(59-30-35(6)49(62)56-51(59)64)70-44(43)31-68-52(65)57-25-23-42(47-41(57)27-45(71-47)58-29-34(5)48(61)55-50(58)63)72-53(36-13-10-9-11-14-36,37-15-19-39(66-7)20-16-37)38-17-21-40(67-8)22-18-38/h9-11,13-22,29-30,32-33,41-47H,12,23,25-28,31H2,1-8H3,(H,55,61,63)(H,56,62,64)/t41-,42+,43-,44+,45+,46+,47-,74?/m0/s1. The summed E-state index contributed by atoms with van der Waals surface area (Å²) < 4.78 is 56.0. The van der Waals surface area contributed by atoms with E-state index in [0.29, 0.717) is 22.6 Å². The van der Waals surface area contributed by atoms with E-state index in [1.807, 2.05) is 107 Å². The molecule has 2 N–H and O–H groups in total. The van der Waals surface area contributed by atoms with Crippen molar-refractivity contribution in [3.63, 3.8) is 0 Å². The molecular weight excluding hydrogens is 974 g/mol. The van der Waals surface area contributed by atoms with Crippen molar-refractivity contribution >= 4 is 14.6 Å². The van der Waals surface area contributed by atoms with Gasteiger partial charge in [0.1, 0.15) is 48.4 Å². The van der Waals surface area contributed by atoms with Gasteiger partial charge in [-0.15, -0.1) is 0 Å². The minimum Gasteiger partial charge on any atom is -0.497 e. The van der Waals surface area contributed by atoms with Crippen LogP contribution >= 0.6 is 8.53 Å². The number of hydrogen-bond acceptors (Lipinski definition) is 15. The van der Waals surface area contributed by atoms with E-state index in [-0.39, 0.29) is 57.5 Å². The van der Waals surface area contributed by atoms with Gasteiger partial charge in [-0.25, -0.2) is 19.1 Å². The van der Waals surface area contributed by atoms with Crippen LogP contribution in [0.5, 0.6) is 11.5 Å². The lowest BCUT2D eigenvalue weighted by Crippen LogP contribution is -2.57. The number of aryl methyl sites for hydroxylation is 2. The fourth-order valence-electron chi connectivity index (χ4n) is 10.1. The number of ether oxygens (including phenoxy) is 6. The van der Waals surface area contributed by atoms with E-state index in [2.05, 4.69) is 20.7 Å². The van der Waals surface area contributed by atoms with Crippen molar-refractivity contribution in [1.29, 1.82) is 5.26 Å². The van der Waals surface area contributed by atoms with Gasteiger partial charge in [-0.1, -0.05) is 54.6 Å². The summed E-state index contributed by atoms with van der Waals surface area (Å²) in [5.41, 5.74) is -0.709. The average molecular weight is 1040 g/mol. The minimum atomic E-state index is -1.80. The van der Waals surface area contributed by atoms with Crippen LogP contribution in [0.15, 0.2) is 110 Å². The summed E-state index contributed by atoms with van der Waals surface area (Å²) in [5.74, 6) is 1.30. The number of carbonyl (C=O) groups excluding carboxylic acids is 1. The third-order valence-corrected chi connectivity index (χ3v) is 15.8. The van der Waals surface area contributed by atoms with Gasteiger partial charge in [0.2, 0.25) is 0 Å². The molecule has 3 fully saturated rings. The Labute approximate surface area is 429 Å². The maximum atomic E-state index is 14.8. The second kappa shape index (κ2) is 23.4. The molecule has 3 aliphatic rings. The Balaban J connectivity index is 1.14. The molecule has 3 aliphatic heterocycles. The fourth-order valence-corrected chi connectivity index (χ4v) is 11.8. The number of aromatic amines is 2. The van der Waals surface area contributed by atoms with Gasteiger partial charge < -0.3 is 42.4 Å². The van der Waals surface area contributed by atoms with Gasteiger partial charge in [0.25, 0.3) is 19.6 Å². The molecule has 2 aromatic heterocycles. The quantitative estimate of drug-likeness (QED) is 0.0508. The van der Waals surface area contributed by atoms with Crippen molar-refractivity contribution < 1.29 is 42.3 Å². The molecule has 0 radical (unpaired) electrons. The zero-order chi connectivity index (χ0) is 52.8. The highest BCUT2D eigenvalue weighted by Crippen LogP contribution is 2.51. The first-order valence-electron chi connectivity index (χ1n) is 24.7. The molecule has 74 heavy (non-hydrogen) atoms. The van der Waals surface area contributed by atoms with E-state index in [9.17, 15) is 29.2 Å². The molecule has 1 unspecified atom stereocenters. The van der Waals surface area contributed by atoms with E-state index in [4.69, 9.17) is 37.5 Å². The monoisotopic (exact) mass is 1040 g/mol. The minimum absolute atomic E-state index is 0.0273. The third-order valence-electron chi connectivity index (χ3n) is 13.6. The summed E-state index contributed by atoms with van der Waals surface area (Å²) in [7, 11) is 1.40. The molecule has 0 aliphatic carbocycles. The lowest BCUT2D eigenvalue weighted by molar-refractivity contribution is -0.155. The molecule has 3 aromatic carbocycles. The van der Waals surface area contributed by atoms with Crippen molar-refractivity contribution in [2.24, 2.45) is 0 Å². The van der Waals surface area contributed by atoms with Crippen LogP contribution in [-0.4, -0.2) is 111 Å². The van der Waals surface area contributed by atoms with Gasteiger partial charge in [0.15, 0.2) is 0 Å². The number of nitrogens with zero attached hydrogens (tertiary/aromatic N) is 5. The predicted octanol–water partition coefficient (Wildman–Crippen LogP) is 6.55. The highest BCUT2D eigenvalue weighted by molar-refractivity contribution is 7.44. The predicted molar refractivity (Wildman–Crippen MR) is 273 cm³/mol. The summed E-state index contributed by atoms with van der Waals surface area (Å²) >= 11 is 0. The second-order valence-corrected chi connectivity index (χ2v) is 20.5. The number of nitriles is 1. The Bertz CT molecular complexity index is 2960. The summed E-state index contributed by atoms with van der Waals surface area (Å²) in [6.07, 6.45) is -2.31. The smallest absolute Gasteiger partial charge is 0.410 e. The Kier molecular flexibility index (Phi) is 17.0. The number of H-pyrrole nitrogens is 2. The van der Waals surface area contributed by atoms with E-state index in [1.54, 1.807) is 33.0 Å². The summed E-state index contributed by atoms with van der Waals surface area (Å²) in [4.78, 5) is 72.7. The fraction of sp³-hybridized carbons (Fsp3) is 0.472. The molecule has 21 heteroatoms. The number of hydrogen-bond donors (Lipinski definition) is 2. The Morgan fingerprint density at radius 3 is 1.85 bits per heavy atom. The Morgan fingerprint density at radius 1 is 0.784 bits per heavy atom. The summed E-state index contributed by atoms with van der Waals surface area (Å²) in [5, 5.41) is 9.36. The van der Waals surface area contributed by atoms with Crippen LogP contribution in [-0.2, 0) is 33.6 Å². The van der Waals surface area contributed by atoms with Crippen LogP contribution < -0.4 is 32.0 Å². The number of nitrogens with one attached hydrogen (secondary N) is 2. The zero-order valence-electron chi connectivity index (χ0n) is 42.8. The normalized spacial score (nSPS) is 22.2. The van der Waals surface area contributed by atoms with Crippen molar-refractivity contribution in [1.82, 2.24) is 28.7 Å². The molecule has 5 heterocycles. The topological polar surface area (TPSA) is 231 Å². The average Bonchev–Trinajstić information content (AvgIpc) is 4.02. The van der Waals surface area contributed by atoms with Crippen LogP contribution in [0.3, 0.4) is 0 Å². The number of benzene rings is 3. The third kappa shape index (κ3) is 11.3. The molecule has 394 valence electrons. The molecule has 5 aromatic rings. The van der Waals surface area contributed by atoms with Gasteiger partial charge in [0.05, 0.1) is 51.6 Å². The molecule has 20 nitrogen and oxygen atoms in total. The van der Waals surface area contributed by atoms with Crippen molar-refractivity contribution in [2.75, 3.05) is 34.0 Å². The molecule has 0 spiro atoms. The highest BCUT2D eigenvalue weighted by Gasteiger charge is 2.53. The summed E-state index contributed by atoms with van der Waals surface area (Å²) in [6, 6.07) is 26.4. The SMILES string of the molecule is COc1ccc(C(O[C@@H]2CCN(C(=O)OC[C@H]3O[C@@H](n4cc(C)c(=O)[nH]c4=O)C[C@@H]3OP(OCCC#N)N(C(C)C)C(C)C)[C@H]3C[C@H](n4cc(C)c(=O)[nH]c4=O)O[C@H]23)(c2ccccc2)c2ccc(OC)cc2)cc1. The molecule has 1 amide bonds. The molecule has 8 atom stereocenters. The van der Waals surface area contributed by atoms with Crippen LogP contribution in [0.2, 0.25) is 0 Å². The van der Waals surface area contributed by atoms with Gasteiger partial charge in [0, 0.05) is 55.0 Å². The number of aromatic nitrogens is 4. The molecule has 8 rings (SSSR count). The number of carbonyl (C=O) groups is 1. The number of fused-ring (bicyclic) bond motifs is 1. The second-order valence-electron chi connectivity index (χ2n) is 19.1. The van der Waals surface area contributed by atoms with Crippen LogP contribution in [0, 0.1) is 25.2 Å². The highest BCUT2D eigenvalue weighted by atomic mass is 31.2. The Morgan fingerprint density at radius 2 is 1.32 bits per heavy atom. The first kappa shape index (κ1) is 53.8. The maximum Gasteiger partial charge on any atom is 0.410 e. The van der Waals surface area contributed by atoms with Crippen LogP contribution in [0.1, 0.15) is 93.7 Å². The first-order chi connectivity index (χ1) is 35.6. The van der Waals surface area contributed by atoms with Crippen LogP contribution in [0.25, 0.3) is 0 Å². The van der Waals surface area contributed by atoms with Crippen molar-refractivity contribution in [3.8, 4) is 17.6 Å². The van der Waals surface area contributed by atoms with Gasteiger partial charge in [-0.2, -0.15) is 5.26 Å². The lowest BCUT2D eigenvalue weighted by atomic mass is 9.79. The van der Waals surface area contributed by atoms with Gasteiger partial charge in [-0.05, 0) is 88.9 Å².